The number of aromatic nitrogens is 2. The van der Waals surface area contributed by atoms with Crippen LogP contribution in [0.5, 0.6) is 0 Å². The number of benzene rings is 1. The van der Waals surface area contributed by atoms with Crippen LogP contribution >= 0.6 is 34.7 Å². The summed E-state index contributed by atoms with van der Waals surface area (Å²) in [5.74, 6) is -0.722. The van der Waals surface area contributed by atoms with E-state index in [9.17, 15) is 9.59 Å². The van der Waals surface area contributed by atoms with Gasteiger partial charge in [-0.2, -0.15) is 0 Å². The number of thiazole rings is 1. The van der Waals surface area contributed by atoms with Crippen molar-refractivity contribution in [2.75, 3.05) is 4.90 Å². The van der Waals surface area contributed by atoms with Crippen molar-refractivity contribution in [3.8, 4) is 0 Å². The first-order valence-corrected chi connectivity index (χ1v) is 9.78. The summed E-state index contributed by atoms with van der Waals surface area (Å²) in [5.41, 5.74) is 0.777. The molecule has 6 nitrogen and oxygen atoms in total. The molecule has 0 bridgehead atoms. The Morgan fingerprint density at radius 1 is 1.35 bits per heavy atom. The number of hydrogen-bond acceptors (Lipinski definition) is 6. The number of hydrogen-bond donors (Lipinski definition) is 1. The number of halogens is 1. The summed E-state index contributed by atoms with van der Waals surface area (Å²) < 4.78 is 0.978. The van der Waals surface area contributed by atoms with E-state index in [2.05, 4.69) is 9.97 Å². The Morgan fingerprint density at radius 3 is 3.00 bits per heavy atom. The van der Waals surface area contributed by atoms with E-state index in [1.54, 1.807) is 24.4 Å². The predicted octanol–water partition coefficient (Wildman–Crippen LogP) is 3.83. The number of pyridine rings is 1. The maximum absolute atomic E-state index is 12.9. The van der Waals surface area contributed by atoms with Gasteiger partial charge in [0.05, 0.1) is 33.3 Å². The highest BCUT2D eigenvalue weighted by Crippen LogP contribution is 2.40. The lowest BCUT2D eigenvalue weighted by molar-refractivity contribution is -0.138. The average Bonchev–Trinajstić information content (AvgIpc) is 2.99. The lowest BCUT2D eigenvalue weighted by atomic mass is 10.2. The molecular formula is C17H12ClN3O3S2. The first-order chi connectivity index (χ1) is 12.5. The molecule has 0 radical (unpaired) electrons. The van der Waals surface area contributed by atoms with Crippen LogP contribution in [-0.4, -0.2) is 32.2 Å². The Labute approximate surface area is 161 Å². The van der Waals surface area contributed by atoms with Gasteiger partial charge in [0.2, 0.25) is 5.91 Å². The van der Waals surface area contributed by atoms with Gasteiger partial charge in [-0.1, -0.05) is 11.6 Å². The number of amides is 1. The van der Waals surface area contributed by atoms with E-state index in [0.717, 1.165) is 20.1 Å². The summed E-state index contributed by atoms with van der Waals surface area (Å²) in [7, 11) is 0. The van der Waals surface area contributed by atoms with Crippen molar-refractivity contribution in [1.29, 1.82) is 0 Å². The molecule has 0 aliphatic carbocycles. The van der Waals surface area contributed by atoms with Gasteiger partial charge in [-0.25, -0.2) is 9.97 Å². The summed E-state index contributed by atoms with van der Waals surface area (Å²) in [4.78, 5) is 35.2. The molecule has 2 aromatic heterocycles. The molecule has 132 valence electrons. The third-order valence-corrected chi connectivity index (χ3v) is 6.35. The molecule has 1 amide bonds. The Hall–Kier alpha value is -2.16. The number of anilines is 1. The van der Waals surface area contributed by atoms with E-state index in [0.29, 0.717) is 10.8 Å². The fourth-order valence-electron chi connectivity index (χ4n) is 2.75. The molecule has 0 saturated heterocycles. The monoisotopic (exact) mass is 405 g/mol. The first-order valence-electron chi connectivity index (χ1n) is 7.71. The molecule has 3 aromatic rings. The van der Waals surface area contributed by atoms with Crippen molar-refractivity contribution in [3.63, 3.8) is 0 Å². The van der Waals surface area contributed by atoms with E-state index in [1.807, 2.05) is 12.1 Å². The summed E-state index contributed by atoms with van der Waals surface area (Å²) in [6.07, 6.45) is 1.39. The van der Waals surface area contributed by atoms with Crippen molar-refractivity contribution in [2.45, 2.75) is 23.1 Å². The molecule has 0 saturated carbocycles. The van der Waals surface area contributed by atoms with E-state index in [1.165, 1.54) is 28.0 Å². The standard InChI is InChI=1S/C17H12ClN3O3S2/c18-9-3-4-11-10(6-9)20-14(26-11)8-21-16-12(2-1-5-19-16)25-13(17(21)24)7-15(22)23/h1-6,13H,7-8H2,(H,22,23). The third kappa shape index (κ3) is 3.27. The molecule has 1 aliphatic heterocycles. The normalized spacial score (nSPS) is 16.7. The van der Waals surface area contributed by atoms with Gasteiger partial charge in [0, 0.05) is 11.2 Å². The number of nitrogens with zero attached hydrogens (tertiary/aromatic N) is 3. The van der Waals surface area contributed by atoms with Crippen LogP contribution < -0.4 is 4.90 Å². The van der Waals surface area contributed by atoms with Crippen LogP contribution in [0.1, 0.15) is 11.4 Å². The minimum Gasteiger partial charge on any atom is -0.481 e. The van der Waals surface area contributed by atoms with Crippen LogP contribution in [0.4, 0.5) is 5.82 Å². The van der Waals surface area contributed by atoms with Gasteiger partial charge in [0.1, 0.15) is 10.8 Å². The number of thioether (sulfide) groups is 1. The number of fused-ring (bicyclic) bond motifs is 2. The third-order valence-electron chi connectivity index (χ3n) is 3.86. The molecule has 9 heteroatoms. The fraction of sp³-hybridized carbons (Fsp3) is 0.176. The zero-order valence-corrected chi connectivity index (χ0v) is 15.6. The summed E-state index contributed by atoms with van der Waals surface area (Å²) in [6.45, 7) is 0.247. The smallest absolute Gasteiger partial charge is 0.305 e. The second-order valence-corrected chi connectivity index (χ2v) is 8.47. The van der Waals surface area contributed by atoms with Crippen LogP contribution in [0, 0.1) is 0 Å². The average molecular weight is 406 g/mol. The largest absolute Gasteiger partial charge is 0.481 e. The van der Waals surface area contributed by atoms with Crippen molar-refractivity contribution < 1.29 is 14.7 Å². The summed E-state index contributed by atoms with van der Waals surface area (Å²) in [5, 5.41) is 9.78. The van der Waals surface area contributed by atoms with E-state index >= 15 is 0 Å². The Balaban J connectivity index is 1.70. The van der Waals surface area contributed by atoms with Crippen molar-refractivity contribution in [2.24, 2.45) is 0 Å². The molecule has 3 heterocycles. The maximum atomic E-state index is 12.9. The highest BCUT2D eigenvalue weighted by molar-refractivity contribution is 8.01. The zero-order valence-electron chi connectivity index (χ0n) is 13.3. The quantitative estimate of drug-likeness (QED) is 0.710. The predicted molar refractivity (Wildman–Crippen MR) is 102 cm³/mol. The molecule has 26 heavy (non-hydrogen) atoms. The molecular weight excluding hydrogens is 394 g/mol. The minimum atomic E-state index is -1.00. The van der Waals surface area contributed by atoms with E-state index in [-0.39, 0.29) is 18.9 Å². The van der Waals surface area contributed by atoms with Gasteiger partial charge in [-0.05, 0) is 30.3 Å². The van der Waals surface area contributed by atoms with Gasteiger partial charge < -0.3 is 5.11 Å². The lowest BCUT2D eigenvalue weighted by Crippen LogP contribution is -2.41. The molecule has 1 aromatic carbocycles. The number of carboxylic acid groups (broad SMARTS) is 1. The maximum Gasteiger partial charge on any atom is 0.305 e. The minimum absolute atomic E-state index is 0.232. The van der Waals surface area contributed by atoms with Crippen LogP contribution in [0.15, 0.2) is 41.4 Å². The summed E-state index contributed by atoms with van der Waals surface area (Å²) >= 11 is 8.73. The zero-order chi connectivity index (χ0) is 18.3. The van der Waals surface area contributed by atoms with Gasteiger partial charge in [-0.15, -0.1) is 23.1 Å². The van der Waals surface area contributed by atoms with Gasteiger partial charge in [0.15, 0.2) is 0 Å². The number of carboxylic acids is 1. The number of aliphatic carboxylic acids is 1. The SMILES string of the molecule is O=C(O)CC1Sc2cccnc2N(Cc2nc3cc(Cl)ccc3s2)C1=O. The van der Waals surface area contributed by atoms with Crippen molar-refractivity contribution in [3.05, 3.63) is 46.6 Å². The van der Waals surface area contributed by atoms with Crippen LogP contribution in [-0.2, 0) is 16.1 Å². The molecule has 4 rings (SSSR count). The van der Waals surface area contributed by atoms with Crippen molar-refractivity contribution in [1.82, 2.24) is 9.97 Å². The molecule has 1 aliphatic rings. The van der Waals surface area contributed by atoms with E-state index < -0.39 is 11.2 Å². The Kier molecular flexibility index (Phi) is 4.56. The van der Waals surface area contributed by atoms with Crippen molar-refractivity contribution >= 4 is 62.6 Å². The second-order valence-electron chi connectivity index (χ2n) is 5.67. The Morgan fingerprint density at radius 2 is 2.19 bits per heavy atom. The van der Waals surface area contributed by atoms with Gasteiger partial charge >= 0.3 is 5.97 Å². The fourth-order valence-corrected chi connectivity index (χ4v) is 5.04. The highest BCUT2D eigenvalue weighted by Gasteiger charge is 2.36. The second kappa shape index (κ2) is 6.86. The van der Waals surface area contributed by atoms with Crippen LogP contribution in [0.2, 0.25) is 5.02 Å². The topological polar surface area (TPSA) is 83.4 Å². The van der Waals surface area contributed by atoms with Crippen LogP contribution in [0.3, 0.4) is 0 Å². The molecule has 0 spiro atoms. The lowest BCUT2D eigenvalue weighted by Gasteiger charge is -2.31. The molecule has 0 fully saturated rings. The summed E-state index contributed by atoms with van der Waals surface area (Å²) in [6, 6.07) is 9.10. The number of rotatable bonds is 4. The van der Waals surface area contributed by atoms with Gasteiger partial charge in [0.25, 0.3) is 0 Å². The van der Waals surface area contributed by atoms with Gasteiger partial charge in [-0.3, -0.25) is 14.5 Å². The highest BCUT2D eigenvalue weighted by atomic mass is 35.5. The molecule has 1 atom stereocenters. The Bertz CT molecular complexity index is 1020. The molecule has 1 unspecified atom stereocenters. The number of carbonyl (C=O) groups is 2. The van der Waals surface area contributed by atoms with E-state index in [4.69, 9.17) is 16.7 Å². The molecule has 1 N–H and O–H groups in total. The van der Waals surface area contributed by atoms with Crippen LogP contribution in [0.25, 0.3) is 10.2 Å². The number of carbonyl (C=O) groups excluding carboxylic acids is 1. The first kappa shape index (κ1) is 17.3.